The summed E-state index contributed by atoms with van der Waals surface area (Å²) >= 11 is 0. The molecule has 0 spiro atoms. The molecule has 2 heteroatoms. The first kappa shape index (κ1) is 12.4. The van der Waals surface area contributed by atoms with Gasteiger partial charge in [0.15, 0.2) is 0 Å². The van der Waals surface area contributed by atoms with Crippen molar-refractivity contribution in [1.82, 2.24) is 0 Å². The van der Waals surface area contributed by atoms with Gasteiger partial charge in [0, 0.05) is 6.42 Å². The van der Waals surface area contributed by atoms with E-state index >= 15 is 0 Å². The number of nitrogens with zero attached hydrogens (tertiary/aromatic N) is 1. The molecule has 0 aliphatic rings. The van der Waals surface area contributed by atoms with Gasteiger partial charge in [0.05, 0.1) is 11.5 Å². The standard InChI is InChI=1S/C14H17NO/c1-4-12-5-7-13(8-6-12)14(3,10-15)9-11(2)16/h5-8H,4,9H2,1-3H3. The molecular weight excluding hydrogens is 198 g/mol. The first-order valence-electron chi connectivity index (χ1n) is 5.52. The first-order valence-corrected chi connectivity index (χ1v) is 5.52. The van der Waals surface area contributed by atoms with Gasteiger partial charge in [-0.2, -0.15) is 5.26 Å². The van der Waals surface area contributed by atoms with E-state index < -0.39 is 5.41 Å². The van der Waals surface area contributed by atoms with Crippen LogP contribution in [0.1, 0.15) is 38.3 Å². The smallest absolute Gasteiger partial charge is 0.131 e. The molecule has 1 aromatic rings. The van der Waals surface area contributed by atoms with Crippen LogP contribution in [0.15, 0.2) is 24.3 Å². The zero-order valence-corrected chi connectivity index (χ0v) is 10.1. The molecule has 2 nitrogen and oxygen atoms in total. The number of aryl methyl sites for hydroxylation is 1. The Bertz CT molecular complexity index is 413. The van der Waals surface area contributed by atoms with Gasteiger partial charge in [-0.15, -0.1) is 0 Å². The molecule has 1 aromatic carbocycles. The third-order valence-electron chi connectivity index (χ3n) is 2.85. The summed E-state index contributed by atoms with van der Waals surface area (Å²) < 4.78 is 0. The third kappa shape index (κ3) is 2.70. The average Bonchev–Trinajstić information content (AvgIpc) is 2.28. The van der Waals surface area contributed by atoms with Crippen LogP contribution in [0.4, 0.5) is 0 Å². The Hall–Kier alpha value is -1.62. The van der Waals surface area contributed by atoms with Crippen molar-refractivity contribution in [2.24, 2.45) is 0 Å². The Balaban J connectivity index is 3.04. The van der Waals surface area contributed by atoms with E-state index in [1.54, 1.807) is 0 Å². The minimum atomic E-state index is -0.696. The van der Waals surface area contributed by atoms with Crippen molar-refractivity contribution in [3.05, 3.63) is 35.4 Å². The van der Waals surface area contributed by atoms with E-state index in [9.17, 15) is 10.1 Å². The number of hydrogen-bond donors (Lipinski definition) is 0. The second-order valence-corrected chi connectivity index (χ2v) is 4.37. The average molecular weight is 215 g/mol. The molecule has 84 valence electrons. The summed E-state index contributed by atoms with van der Waals surface area (Å²) in [6, 6.07) is 10.2. The second kappa shape index (κ2) is 4.94. The zero-order chi connectivity index (χ0) is 12.2. The van der Waals surface area contributed by atoms with Crippen LogP contribution in [0, 0.1) is 11.3 Å². The lowest BCUT2D eigenvalue weighted by Gasteiger charge is -2.20. The topological polar surface area (TPSA) is 40.9 Å². The van der Waals surface area contributed by atoms with Crippen LogP contribution < -0.4 is 0 Å². The SMILES string of the molecule is CCc1ccc(C(C)(C#N)CC(C)=O)cc1. The van der Waals surface area contributed by atoms with Gasteiger partial charge in [-0.1, -0.05) is 31.2 Å². The van der Waals surface area contributed by atoms with Gasteiger partial charge >= 0.3 is 0 Å². The molecule has 0 saturated carbocycles. The predicted octanol–water partition coefficient (Wildman–Crippen LogP) is 3.01. The van der Waals surface area contributed by atoms with Crippen molar-refractivity contribution in [3.63, 3.8) is 0 Å². The molecule has 0 N–H and O–H groups in total. The van der Waals surface area contributed by atoms with Gasteiger partial charge < -0.3 is 0 Å². The molecule has 0 aromatic heterocycles. The zero-order valence-electron chi connectivity index (χ0n) is 10.1. The molecule has 0 heterocycles. The highest BCUT2D eigenvalue weighted by molar-refractivity contribution is 5.77. The maximum Gasteiger partial charge on any atom is 0.131 e. The van der Waals surface area contributed by atoms with Crippen LogP contribution in [0.2, 0.25) is 0 Å². The van der Waals surface area contributed by atoms with Crippen LogP contribution >= 0.6 is 0 Å². The number of ketones is 1. The summed E-state index contributed by atoms with van der Waals surface area (Å²) in [7, 11) is 0. The summed E-state index contributed by atoms with van der Waals surface area (Å²) in [4.78, 5) is 11.2. The van der Waals surface area contributed by atoms with E-state index in [4.69, 9.17) is 0 Å². The number of benzene rings is 1. The minimum absolute atomic E-state index is 0.0450. The summed E-state index contributed by atoms with van der Waals surface area (Å²) in [5.74, 6) is 0.0450. The molecule has 0 aliphatic heterocycles. The van der Waals surface area contributed by atoms with Crippen LogP contribution in [0.25, 0.3) is 0 Å². The second-order valence-electron chi connectivity index (χ2n) is 4.37. The van der Waals surface area contributed by atoms with E-state index in [2.05, 4.69) is 13.0 Å². The van der Waals surface area contributed by atoms with Crippen LogP contribution in [-0.4, -0.2) is 5.78 Å². The maximum absolute atomic E-state index is 11.2. The fourth-order valence-electron chi connectivity index (χ4n) is 1.81. The molecule has 0 amide bonds. The lowest BCUT2D eigenvalue weighted by atomic mass is 9.79. The van der Waals surface area contributed by atoms with Crippen molar-refractivity contribution >= 4 is 5.78 Å². The largest absolute Gasteiger partial charge is 0.300 e. The van der Waals surface area contributed by atoms with Crippen molar-refractivity contribution in [1.29, 1.82) is 5.26 Å². The molecule has 1 atom stereocenters. The van der Waals surface area contributed by atoms with Crippen molar-refractivity contribution in [2.75, 3.05) is 0 Å². The van der Waals surface area contributed by atoms with Crippen molar-refractivity contribution in [2.45, 2.75) is 39.0 Å². The minimum Gasteiger partial charge on any atom is -0.300 e. The number of carbonyl (C=O) groups excluding carboxylic acids is 1. The maximum atomic E-state index is 11.2. The number of carbonyl (C=O) groups is 1. The predicted molar refractivity (Wildman–Crippen MR) is 64.1 cm³/mol. The summed E-state index contributed by atoms with van der Waals surface area (Å²) in [6.07, 6.45) is 1.26. The first-order chi connectivity index (χ1) is 7.51. The molecule has 0 radical (unpaired) electrons. The highest BCUT2D eigenvalue weighted by Crippen LogP contribution is 2.27. The molecule has 0 aliphatic carbocycles. The highest BCUT2D eigenvalue weighted by Gasteiger charge is 2.27. The molecule has 0 bridgehead atoms. The van der Waals surface area contributed by atoms with Crippen LogP contribution in [-0.2, 0) is 16.6 Å². The number of nitriles is 1. The number of hydrogen-bond acceptors (Lipinski definition) is 2. The number of rotatable bonds is 4. The lowest BCUT2D eigenvalue weighted by Crippen LogP contribution is -2.22. The van der Waals surface area contributed by atoms with Crippen molar-refractivity contribution in [3.8, 4) is 6.07 Å². The Morgan fingerprint density at radius 2 is 1.94 bits per heavy atom. The molecule has 16 heavy (non-hydrogen) atoms. The molecule has 1 unspecified atom stereocenters. The van der Waals surface area contributed by atoms with Crippen LogP contribution in [0.3, 0.4) is 0 Å². The van der Waals surface area contributed by atoms with E-state index in [1.165, 1.54) is 12.5 Å². The van der Waals surface area contributed by atoms with Gasteiger partial charge in [0.1, 0.15) is 5.78 Å². The number of Topliss-reactive ketones (excluding diaryl/α,β-unsaturated/α-hetero) is 1. The molecule has 0 fully saturated rings. The Kier molecular flexibility index (Phi) is 3.84. The normalized spacial score (nSPS) is 13.9. The van der Waals surface area contributed by atoms with Gasteiger partial charge in [-0.25, -0.2) is 0 Å². The Labute approximate surface area is 96.9 Å². The van der Waals surface area contributed by atoms with E-state index in [0.717, 1.165) is 12.0 Å². The highest BCUT2D eigenvalue weighted by atomic mass is 16.1. The fraction of sp³-hybridized carbons (Fsp3) is 0.429. The monoisotopic (exact) mass is 215 g/mol. The van der Waals surface area contributed by atoms with E-state index in [0.29, 0.717) is 0 Å². The van der Waals surface area contributed by atoms with Gasteiger partial charge in [-0.3, -0.25) is 4.79 Å². The fourth-order valence-corrected chi connectivity index (χ4v) is 1.81. The third-order valence-corrected chi connectivity index (χ3v) is 2.85. The van der Waals surface area contributed by atoms with Crippen LogP contribution in [0.5, 0.6) is 0 Å². The quantitative estimate of drug-likeness (QED) is 0.774. The molecular formula is C14H17NO. The molecule has 0 saturated heterocycles. The Morgan fingerprint density at radius 3 is 2.31 bits per heavy atom. The van der Waals surface area contributed by atoms with Crippen molar-refractivity contribution < 1.29 is 4.79 Å². The van der Waals surface area contributed by atoms with E-state index in [-0.39, 0.29) is 12.2 Å². The van der Waals surface area contributed by atoms with Gasteiger partial charge in [-0.05, 0) is 31.4 Å². The van der Waals surface area contributed by atoms with Gasteiger partial charge in [0.25, 0.3) is 0 Å². The summed E-state index contributed by atoms with van der Waals surface area (Å²) in [5, 5.41) is 9.21. The summed E-state index contributed by atoms with van der Waals surface area (Å²) in [5.41, 5.74) is 1.47. The Morgan fingerprint density at radius 1 is 1.38 bits per heavy atom. The van der Waals surface area contributed by atoms with Gasteiger partial charge in [0.2, 0.25) is 0 Å². The molecule has 1 rings (SSSR count). The summed E-state index contributed by atoms with van der Waals surface area (Å²) in [6.45, 7) is 5.43. The van der Waals surface area contributed by atoms with E-state index in [1.807, 2.05) is 31.2 Å². The lowest BCUT2D eigenvalue weighted by molar-refractivity contribution is -0.117.